The Hall–Kier alpha value is -1.07. The van der Waals surface area contributed by atoms with Crippen LogP contribution in [0.2, 0.25) is 0 Å². The third-order valence-corrected chi connectivity index (χ3v) is 5.10. The average molecular weight is 296 g/mol. The van der Waals surface area contributed by atoms with E-state index in [2.05, 4.69) is 10.0 Å². The lowest BCUT2D eigenvalue weighted by molar-refractivity contribution is 0.393. The highest BCUT2D eigenvalue weighted by molar-refractivity contribution is 7.92. The molecular formula is C15H24N2O2S. The van der Waals surface area contributed by atoms with Crippen molar-refractivity contribution in [3.63, 3.8) is 0 Å². The molecule has 0 amide bonds. The lowest BCUT2D eigenvalue weighted by atomic mass is 10.0. The minimum atomic E-state index is -3.26. The molecule has 0 radical (unpaired) electrons. The molecule has 112 valence electrons. The zero-order valence-electron chi connectivity index (χ0n) is 12.3. The Morgan fingerprint density at radius 1 is 1.30 bits per heavy atom. The zero-order chi connectivity index (χ0) is 14.6. The number of anilines is 1. The Bertz CT molecular complexity index is 549. The predicted octanol–water partition coefficient (Wildman–Crippen LogP) is 2.58. The molecule has 0 aliphatic carbocycles. The number of nitrogens with one attached hydrogen (secondary N) is 2. The summed E-state index contributed by atoms with van der Waals surface area (Å²) in [5, 5.41) is 3.38. The molecule has 2 N–H and O–H groups in total. The van der Waals surface area contributed by atoms with Gasteiger partial charge in [0.2, 0.25) is 10.0 Å². The highest BCUT2D eigenvalue weighted by atomic mass is 32.2. The molecule has 0 aromatic heterocycles. The van der Waals surface area contributed by atoms with Gasteiger partial charge in [-0.1, -0.05) is 24.1 Å². The van der Waals surface area contributed by atoms with E-state index >= 15 is 0 Å². The monoisotopic (exact) mass is 296 g/mol. The number of benzene rings is 1. The fraction of sp³-hybridized carbons (Fsp3) is 0.600. The Morgan fingerprint density at radius 2 is 2.10 bits per heavy atom. The van der Waals surface area contributed by atoms with E-state index in [0.29, 0.717) is 18.2 Å². The van der Waals surface area contributed by atoms with Gasteiger partial charge in [-0.15, -0.1) is 0 Å². The predicted molar refractivity (Wildman–Crippen MR) is 83.6 cm³/mol. The Balaban J connectivity index is 1.93. The van der Waals surface area contributed by atoms with Gasteiger partial charge in [0.05, 0.1) is 11.4 Å². The smallest absolute Gasteiger partial charge is 0.232 e. The van der Waals surface area contributed by atoms with Crippen LogP contribution in [-0.4, -0.2) is 26.8 Å². The Morgan fingerprint density at radius 3 is 2.75 bits per heavy atom. The van der Waals surface area contributed by atoms with Crippen LogP contribution in [0.4, 0.5) is 5.69 Å². The number of sulfonamides is 1. The molecule has 1 heterocycles. The third-order valence-electron chi connectivity index (χ3n) is 3.79. The first-order valence-electron chi connectivity index (χ1n) is 7.27. The molecule has 1 aliphatic rings. The van der Waals surface area contributed by atoms with Crippen LogP contribution < -0.4 is 10.0 Å². The zero-order valence-corrected chi connectivity index (χ0v) is 13.1. The van der Waals surface area contributed by atoms with Gasteiger partial charge in [-0.2, -0.15) is 0 Å². The minimum absolute atomic E-state index is 0.179. The van der Waals surface area contributed by atoms with E-state index in [4.69, 9.17) is 0 Å². The average Bonchev–Trinajstić information content (AvgIpc) is 2.41. The summed E-state index contributed by atoms with van der Waals surface area (Å²) in [6.45, 7) is 4.93. The number of piperidine rings is 1. The van der Waals surface area contributed by atoms with Gasteiger partial charge in [0, 0.05) is 6.04 Å². The molecule has 1 aromatic rings. The number of hydrogen-bond donors (Lipinski definition) is 2. The van der Waals surface area contributed by atoms with Gasteiger partial charge < -0.3 is 5.32 Å². The van der Waals surface area contributed by atoms with Gasteiger partial charge in [0.25, 0.3) is 0 Å². The normalized spacial score (nSPS) is 19.8. The maximum Gasteiger partial charge on any atom is 0.232 e. The molecule has 1 aromatic carbocycles. The third kappa shape index (κ3) is 4.49. The van der Waals surface area contributed by atoms with Crippen molar-refractivity contribution in [3.8, 4) is 0 Å². The first kappa shape index (κ1) is 15.3. The van der Waals surface area contributed by atoms with Crippen LogP contribution in [-0.2, 0) is 10.0 Å². The number of rotatable bonds is 5. The van der Waals surface area contributed by atoms with Crippen molar-refractivity contribution in [1.29, 1.82) is 0 Å². The molecular weight excluding hydrogens is 272 g/mol. The summed E-state index contributed by atoms with van der Waals surface area (Å²) in [6.07, 6.45) is 4.16. The van der Waals surface area contributed by atoms with E-state index in [-0.39, 0.29) is 5.75 Å². The summed E-state index contributed by atoms with van der Waals surface area (Å²) in [6, 6.07) is 6.09. The maximum absolute atomic E-state index is 12.1. The van der Waals surface area contributed by atoms with Gasteiger partial charge in [0.1, 0.15) is 0 Å². The van der Waals surface area contributed by atoms with Crippen molar-refractivity contribution in [2.24, 2.45) is 0 Å². The van der Waals surface area contributed by atoms with E-state index in [1.54, 1.807) is 0 Å². The van der Waals surface area contributed by atoms with Crippen LogP contribution in [0, 0.1) is 13.8 Å². The molecule has 1 fully saturated rings. The summed E-state index contributed by atoms with van der Waals surface area (Å²) < 4.78 is 27.0. The molecule has 1 atom stereocenters. The first-order chi connectivity index (χ1) is 9.46. The number of aryl methyl sites for hydroxylation is 2. The standard InChI is InChI=1S/C15H24N2O2S/c1-12-6-7-15(13(2)11-12)17-20(18,19)10-8-14-5-3-4-9-16-14/h6-7,11,14,16-17H,3-5,8-10H2,1-2H3. The van der Waals surface area contributed by atoms with E-state index in [0.717, 1.165) is 24.1 Å². The molecule has 0 saturated carbocycles. The van der Waals surface area contributed by atoms with Crippen LogP contribution >= 0.6 is 0 Å². The van der Waals surface area contributed by atoms with Crippen LogP contribution in [0.1, 0.15) is 36.8 Å². The first-order valence-corrected chi connectivity index (χ1v) is 8.93. The molecule has 1 unspecified atom stereocenters. The van der Waals surface area contributed by atoms with Crippen molar-refractivity contribution in [2.75, 3.05) is 17.0 Å². The summed E-state index contributed by atoms with van der Waals surface area (Å²) in [5.74, 6) is 0.179. The largest absolute Gasteiger partial charge is 0.314 e. The second kappa shape index (κ2) is 6.59. The summed E-state index contributed by atoms with van der Waals surface area (Å²) >= 11 is 0. The van der Waals surface area contributed by atoms with Crippen LogP contribution in [0.3, 0.4) is 0 Å². The Kier molecular flexibility index (Phi) is 5.05. The fourth-order valence-corrected chi connectivity index (χ4v) is 3.88. The molecule has 1 aliphatic heterocycles. The van der Waals surface area contributed by atoms with E-state index in [9.17, 15) is 8.42 Å². The van der Waals surface area contributed by atoms with Gasteiger partial charge in [0.15, 0.2) is 0 Å². The highest BCUT2D eigenvalue weighted by Crippen LogP contribution is 2.18. The van der Waals surface area contributed by atoms with E-state index in [1.165, 1.54) is 12.8 Å². The quantitative estimate of drug-likeness (QED) is 0.878. The molecule has 0 spiro atoms. The van der Waals surface area contributed by atoms with Crippen molar-refractivity contribution in [3.05, 3.63) is 29.3 Å². The van der Waals surface area contributed by atoms with Gasteiger partial charge in [-0.25, -0.2) is 8.42 Å². The molecule has 5 heteroatoms. The van der Waals surface area contributed by atoms with Crippen molar-refractivity contribution < 1.29 is 8.42 Å². The highest BCUT2D eigenvalue weighted by Gasteiger charge is 2.17. The lowest BCUT2D eigenvalue weighted by Gasteiger charge is -2.23. The van der Waals surface area contributed by atoms with Crippen LogP contribution in [0.25, 0.3) is 0 Å². The van der Waals surface area contributed by atoms with Crippen LogP contribution in [0.15, 0.2) is 18.2 Å². The topological polar surface area (TPSA) is 58.2 Å². The Labute approximate surface area is 122 Å². The van der Waals surface area contributed by atoms with Crippen molar-refractivity contribution in [2.45, 2.75) is 45.6 Å². The van der Waals surface area contributed by atoms with Crippen LogP contribution in [0.5, 0.6) is 0 Å². The second-order valence-electron chi connectivity index (χ2n) is 5.67. The molecule has 2 rings (SSSR count). The number of hydrogen-bond acceptors (Lipinski definition) is 3. The van der Waals surface area contributed by atoms with Crippen molar-refractivity contribution >= 4 is 15.7 Å². The summed E-state index contributed by atoms with van der Waals surface area (Å²) in [4.78, 5) is 0. The summed E-state index contributed by atoms with van der Waals surface area (Å²) in [7, 11) is -3.26. The maximum atomic E-state index is 12.1. The lowest BCUT2D eigenvalue weighted by Crippen LogP contribution is -2.36. The molecule has 20 heavy (non-hydrogen) atoms. The van der Waals surface area contributed by atoms with Gasteiger partial charge in [-0.05, 0) is 51.3 Å². The molecule has 4 nitrogen and oxygen atoms in total. The minimum Gasteiger partial charge on any atom is -0.314 e. The fourth-order valence-electron chi connectivity index (χ4n) is 2.61. The van der Waals surface area contributed by atoms with Gasteiger partial charge >= 0.3 is 0 Å². The van der Waals surface area contributed by atoms with Gasteiger partial charge in [-0.3, -0.25) is 4.72 Å². The van der Waals surface area contributed by atoms with E-state index in [1.807, 2.05) is 32.0 Å². The van der Waals surface area contributed by atoms with E-state index < -0.39 is 10.0 Å². The SMILES string of the molecule is Cc1ccc(NS(=O)(=O)CCC2CCCCN2)c(C)c1. The summed E-state index contributed by atoms with van der Waals surface area (Å²) in [5.41, 5.74) is 2.79. The molecule has 1 saturated heterocycles. The second-order valence-corrected chi connectivity index (χ2v) is 7.52. The van der Waals surface area contributed by atoms with Crippen molar-refractivity contribution in [1.82, 2.24) is 5.32 Å². The molecule has 0 bridgehead atoms.